The second-order valence-corrected chi connectivity index (χ2v) is 4.97. The highest BCUT2D eigenvalue weighted by atomic mass is 16.1. The molecule has 0 radical (unpaired) electrons. The minimum Gasteiger partial charge on any atom is -0.326 e. The fraction of sp³-hybridized carbons (Fsp3) is 0.235. The summed E-state index contributed by atoms with van der Waals surface area (Å²) in [6, 6.07) is 16.4. The number of carbonyl (C=O) groups is 1. The van der Waals surface area contributed by atoms with Crippen molar-refractivity contribution in [1.82, 2.24) is 5.32 Å². The topological polar surface area (TPSA) is 41.1 Å². The number of carbonyl (C=O) groups excluding carboxylic acids is 1. The van der Waals surface area contributed by atoms with E-state index in [2.05, 4.69) is 41.8 Å². The lowest BCUT2D eigenvalue weighted by molar-refractivity contribution is -0.114. The van der Waals surface area contributed by atoms with Gasteiger partial charge in [-0.1, -0.05) is 42.0 Å². The van der Waals surface area contributed by atoms with Gasteiger partial charge in [0.05, 0.1) is 0 Å². The summed E-state index contributed by atoms with van der Waals surface area (Å²) in [5.74, 6) is -0.0460. The van der Waals surface area contributed by atoms with Gasteiger partial charge in [0.1, 0.15) is 0 Å². The van der Waals surface area contributed by atoms with E-state index in [1.165, 1.54) is 23.6 Å². The largest absolute Gasteiger partial charge is 0.326 e. The van der Waals surface area contributed by atoms with Crippen LogP contribution in [-0.4, -0.2) is 5.91 Å². The van der Waals surface area contributed by atoms with Gasteiger partial charge in [-0.2, -0.15) is 0 Å². The number of amides is 1. The van der Waals surface area contributed by atoms with Crippen LogP contribution in [0.2, 0.25) is 0 Å². The van der Waals surface area contributed by atoms with Crippen molar-refractivity contribution in [2.75, 3.05) is 5.32 Å². The monoisotopic (exact) mass is 268 g/mol. The summed E-state index contributed by atoms with van der Waals surface area (Å²) < 4.78 is 0. The summed E-state index contributed by atoms with van der Waals surface area (Å²) in [5.41, 5.74) is 4.61. The molecule has 0 bridgehead atoms. The van der Waals surface area contributed by atoms with Crippen LogP contribution >= 0.6 is 0 Å². The van der Waals surface area contributed by atoms with Gasteiger partial charge in [0.2, 0.25) is 5.91 Å². The zero-order valence-corrected chi connectivity index (χ0v) is 11.9. The molecule has 0 unspecified atom stereocenters. The lowest BCUT2D eigenvalue weighted by Gasteiger charge is -2.07. The molecule has 0 aliphatic rings. The molecule has 0 aliphatic carbocycles. The number of hydrogen-bond acceptors (Lipinski definition) is 2. The maximum atomic E-state index is 10.9. The Kier molecular flexibility index (Phi) is 4.91. The fourth-order valence-corrected chi connectivity index (χ4v) is 2.08. The van der Waals surface area contributed by atoms with Gasteiger partial charge in [0.25, 0.3) is 0 Å². The van der Waals surface area contributed by atoms with Gasteiger partial charge in [-0.25, -0.2) is 0 Å². The van der Waals surface area contributed by atoms with Gasteiger partial charge in [0.15, 0.2) is 0 Å². The van der Waals surface area contributed by atoms with E-state index >= 15 is 0 Å². The van der Waals surface area contributed by atoms with E-state index in [9.17, 15) is 4.79 Å². The fourth-order valence-electron chi connectivity index (χ4n) is 2.08. The van der Waals surface area contributed by atoms with E-state index in [4.69, 9.17) is 0 Å². The normalized spacial score (nSPS) is 10.3. The zero-order valence-electron chi connectivity index (χ0n) is 11.9. The summed E-state index contributed by atoms with van der Waals surface area (Å²) in [4.78, 5) is 10.9. The second kappa shape index (κ2) is 6.87. The van der Waals surface area contributed by atoms with Crippen molar-refractivity contribution < 1.29 is 4.79 Å². The van der Waals surface area contributed by atoms with Crippen LogP contribution in [0.3, 0.4) is 0 Å². The van der Waals surface area contributed by atoms with Crippen LogP contribution in [0.25, 0.3) is 0 Å². The molecule has 0 fully saturated rings. The SMILES string of the molecule is CC(=O)Nc1ccc(CNCc2cccc(C)c2)cc1. The molecule has 0 aromatic heterocycles. The average Bonchev–Trinajstić information content (AvgIpc) is 2.40. The van der Waals surface area contributed by atoms with Crippen LogP contribution in [0, 0.1) is 6.92 Å². The molecule has 1 amide bonds. The molecular formula is C17H20N2O. The molecule has 104 valence electrons. The maximum Gasteiger partial charge on any atom is 0.221 e. The lowest BCUT2D eigenvalue weighted by Crippen LogP contribution is -2.12. The quantitative estimate of drug-likeness (QED) is 0.874. The maximum absolute atomic E-state index is 10.9. The van der Waals surface area contributed by atoms with E-state index in [1.807, 2.05) is 24.3 Å². The second-order valence-electron chi connectivity index (χ2n) is 4.97. The molecule has 0 heterocycles. The first-order valence-corrected chi connectivity index (χ1v) is 6.76. The van der Waals surface area contributed by atoms with E-state index in [0.717, 1.165) is 18.8 Å². The number of anilines is 1. The highest BCUT2D eigenvalue weighted by molar-refractivity contribution is 5.88. The third-order valence-electron chi connectivity index (χ3n) is 3.02. The minimum absolute atomic E-state index is 0.0460. The van der Waals surface area contributed by atoms with Crippen LogP contribution in [0.15, 0.2) is 48.5 Å². The number of aryl methyl sites for hydroxylation is 1. The van der Waals surface area contributed by atoms with Crippen molar-refractivity contribution in [2.24, 2.45) is 0 Å². The number of rotatable bonds is 5. The molecule has 0 saturated carbocycles. The lowest BCUT2D eigenvalue weighted by atomic mass is 10.1. The molecule has 2 rings (SSSR count). The smallest absolute Gasteiger partial charge is 0.221 e. The molecule has 20 heavy (non-hydrogen) atoms. The van der Waals surface area contributed by atoms with Gasteiger partial charge in [-0.15, -0.1) is 0 Å². The molecule has 0 spiro atoms. The molecular weight excluding hydrogens is 248 g/mol. The Labute approximate surface area is 120 Å². The Hall–Kier alpha value is -2.13. The molecule has 2 aromatic carbocycles. The molecule has 0 aliphatic heterocycles. The number of nitrogens with one attached hydrogen (secondary N) is 2. The Morgan fingerprint density at radius 3 is 2.35 bits per heavy atom. The van der Waals surface area contributed by atoms with E-state index in [-0.39, 0.29) is 5.91 Å². The van der Waals surface area contributed by atoms with Crippen molar-refractivity contribution in [1.29, 1.82) is 0 Å². The predicted molar refractivity (Wildman–Crippen MR) is 82.5 cm³/mol. The van der Waals surface area contributed by atoms with Gasteiger partial charge >= 0.3 is 0 Å². The molecule has 3 nitrogen and oxygen atoms in total. The van der Waals surface area contributed by atoms with Crippen LogP contribution in [-0.2, 0) is 17.9 Å². The van der Waals surface area contributed by atoms with E-state index in [0.29, 0.717) is 0 Å². The molecule has 0 saturated heterocycles. The van der Waals surface area contributed by atoms with Crippen LogP contribution in [0.1, 0.15) is 23.6 Å². The van der Waals surface area contributed by atoms with Gasteiger partial charge < -0.3 is 10.6 Å². The molecule has 3 heteroatoms. The summed E-state index contributed by atoms with van der Waals surface area (Å²) >= 11 is 0. The van der Waals surface area contributed by atoms with Crippen molar-refractivity contribution in [2.45, 2.75) is 26.9 Å². The van der Waals surface area contributed by atoms with Crippen molar-refractivity contribution in [3.63, 3.8) is 0 Å². The van der Waals surface area contributed by atoms with Crippen LogP contribution in [0.5, 0.6) is 0 Å². The van der Waals surface area contributed by atoms with Gasteiger partial charge in [0, 0.05) is 25.7 Å². The number of hydrogen-bond donors (Lipinski definition) is 2. The van der Waals surface area contributed by atoms with Crippen molar-refractivity contribution in [3.05, 3.63) is 65.2 Å². The third kappa shape index (κ3) is 4.52. The van der Waals surface area contributed by atoms with Gasteiger partial charge in [-0.05, 0) is 30.2 Å². The first kappa shape index (κ1) is 14.3. The molecule has 2 N–H and O–H groups in total. The predicted octanol–water partition coefficient (Wildman–Crippen LogP) is 3.24. The van der Waals surface area contributed by atoms with Crippen molar-refractivity contribution in [3.8, 4) is 0 Å². The van der Waals surface area contributed by atoms with E-state index in [1.54, 1.807) is 0 Å². The highest BCUT2D eigenvalue weighted by Gasteiger charge is 1.97. The van der Waals surface area contributed by atoms with Gasteiger partial charge in [-0.3, -0.25) is 4.79 Å². The van der Waals surface area contributed by atoms with Crippen LogP contribution in [0.4, 0.5) is 5.69 Å². The Bertz CT molecular complexity index is 576. The summed E-state index contributed by atoms with van der Waals surface area (Å²) in [6.45, 7) is 5.28. The zero-order chi connectivity index (χ0) is 14.4. The highest BCUT2D eigenvalue weighted by Crippen LogP contribution is 2.10. The Morgan fingerprint density at radius 1 is 1.00 bits per heavy atom. The first-order chi connectivity index (χ1) is 9.63. The summed E-state index contributed by atoms with van der Waals surface area (Å²) in [7, 11) is 0. The molecule has 0 atom stereocenters. The molecule has 2 aromatic rings. The van der Waals surface area contributed by atoms with Crippen LogP contribution < -0.4 is 10.6 Å². The third-order valence-corrected chi connectivity index (χ3v) is 3.02. The van der Waals surface area contributed by atoms with E-state index < -0.39 is 0 Å². The Balaban J connectivity index is 1.83. The number of benzene rings is 2. The minimum atomic E-state index is -0.0460. The summed E-state index contributed by atoms with van der Waals surface area (Å²) in [5, 5.41) is 6.18. The first-order valence-electron chi connectivity index (χ1n) is 6.76. The standard InChI is InChI=1S/C17H20N2O/c1-13-4-3-5-16(10-13)12-18-11-15-6-8-17(9-7-15)19-14(2)20/h3-10,18H,11-12H2,1-2H3,(H,19,20). The van der Waals surface area contributed by atoms with Crippen molar-refractivity contribution >= 4 is 11.6 Å². The summed E-state index contributed by atoms with van der Waals surface area (Å²) in [6.07, 6.45) is 0. The average molecular weight is 268 g/mol. The Morgan fingerprint density at radius 2 is 1.70 bits per heavy atom.